The van der Waals surface area contributed by atoms with Crippen molar-refractivity contribution in [3.8, 4) is 0 Å². The summed E-state index contributed by atoms with van der Waals surface area (Å²) < 4.78 is 0. The van der Waals surface area contributed by atoms with Crippen molar-refractivity contribution < 1.29 is 21.7 Å². The molecule has 0 fully saturated rings. The van der Waals surface area contributed by atoms with Gasteiger partial charge in [-0.1, -0.05) is 27.7 Å². The van der Waals surface area contributed by atoms with Crippen molar-refractivity contribution in [2.24, 2.45) is 0 Å². The minimum atomic E-state index is 0. The third-order valence-corrected chi connectivity index (χ3v) is 2.63. The summed E-state index contributed by atoms with van der Waals surface area (Å²) in [7, 11) is 3.99. The van der Waals surface area contributed by atoms with Gasteiger partial charge < -0.3 is 11.8 Å². The largest absolute Gasteiger partial charge is 2.00 e. The molecule has 0 aliphatic heterocycles. The average Bonchev–Trinajstić information content (AvgIpc) is 2.34. The van der Waals surface area contributed by atoms with Crippen molar-refractivity contribution >= 4 is 0 Å². The monoisotopic (exact) mass is 241 g/mol. The quantitative estimate of drug-likeness (QED) is 0.539. The van der Waals surface area contributed by atoms with Crippen molar-refractivity contribution in [1.82, 2.24) is 4.90 Å². The van der Waals surface area contributed by atoms with Crippen LogP contribution in [-0.4, -0.2) is 25.5 Å². The van der Waals surface area contributed by atoms with Crippen LogP contribution in [0.3, 0.4) is 0 Å². The second kappa shape index (κ2) is 8.21. The molecule has 0 radical (unpaired) electrons. The zero-order valence-electron chi connectivity index (χ0n) is 10.9. The van der Waals surface area contributed by atoms with E-state index in [4.69, 9.17) is 0 Å². The van der Waals surface area contributed by atoms with Crippen LogP contribution < -0.4 is 0 Å². The molecule has 0 aliphatic carbocycles. The van der Waals surface area contributed by atoms with Crippen molar-refractivity contribution in [2.45, 2.75) is 27.7 Å². The zero-order valence-corrected chi connectivity index (χ0v) is 12.5. The Kier molecular flexibility index (Phi) is 9.53. The molecule has 0 atom stereocenters. The van der Waals surface area contributed by atoms with E-state index in [1.54, 1.807) is 0 Å². The first-order valence-electron chi connectivity index (χ1n) is 5.04. The molecule has 0 saturated heterocycles. The second-order valence-corrected chi connectivity index (χ2v) is 4.06. The Morgan fingerprint density at radius 3 is 1.33 bits per heavy atom. The predicted molar refractivity (Wildman–Crippen MR) is 64.9 cm³/mol. The molecule has 84 valence electrons. The molecule has 0 heterocycles. The number of nitrogens with zero attached hydrogens (tertiary/aromatic N) is 1. The van der Waals surface area contributed by atoms with Gasteiger partial charge in [-0.15, -0.1) is 6.54 Å². The molecule has 1 rings (SSSR count). The van der Waals surface area contributed by atoms with Gasteiger partial charge in [0, 0.05) is 0 Å². The van der Waals surface area contributed by atoms with Crippen LogP contribution in [0, 0.1) is 34.6 Å². The Bertz CT molecular complexity index is 252. The van der Waals surface area contributed by atoms with E-state index in [9.17, 15) is 0 Å². The van der Waals surface area contributed by atoms with Crippen LogP contribution in [0.2, 0.25) is 0 Å². The Balaban J connectivity index is 0. The molecule has 0 bridgehead atoms. The molecule has 0 aromatic heterocycles. The molecule has 15 heavy (non-hydrogen) atoms. The average molecular weight is 241 g/mol. The molecular formula is C13H23NTi. The van der Waals surface area contributed by atoms with Gasteiger partial charge >= 0.3 is 21.7 Å². The Morgan fingerprint density at radius 1 is 1.00 bits per heavy atom. The van der Waals surface area contributed by atoms with Crippen LogP contribution in [0.15, 0.2) is 6.07 Å². The fourth-order valence-corrected chi connectivity index (χ4v) is 1.13. The van der Waals surface area contributed by atoms with Gasteiger partial charge in [0.1, 0.15) is 0 Å². The second-order valence-electron chi connectivity index (χ2n) is 4.06. The normalized spacial score (nSPS) is 9.33. The van der Waals surface area contributed by atoms with Gasteiger partial charge in [-0.05, 0) is 14.1 Å². The summed E-state index contributed by atoms with van der Waals surface area (Å²) in [6.45, 7) is 13.2. The summed E-state index contributed by atoms with van der Waals surface area (Å²) in [6.07, 6.45) is 0. The maximum atomic E-state index is 3.61. The van der Waals surface area contributed by atoms with Crippen LogP contribution in [0.1, 0.15) is 22.3 Å². The molecule has 2 heteroatoms. The summed E-state index contributed by atoms with van der Waals surface area (Å²) in [5, 5.41) is 0. The standard InChI is InChI=1S/C9H13.C4H10N.Ti/c1-6-5-7(2)9(4)8(6)3;1-4-5(2)3;/h5H,1-4H3;1,4H2,2-3H3;/q2*-1;+2. The SMILES string of the molecule is Cc1[cH-]c(C)c(C)c1C.[CH2-]CN(C)C.[Ti+2]. The van der Waals surface area contributed by atoms with Crippen molar-refractivity contribution in [3.63, 3.8) is 0 Å². The Morgan fingerprint density at radius 2 is 1.27 bits per heavy atom. The predicted octanol–water partition coefficient (Wildman–Crippen LogP) is 3.02. The summed E-state index contributed by atoms with van der Waals surface area (Å²) in [5.41, 5.74) is 5.75. The molecular weight excluding hydrogens is 218 g/mol. The molecule has 0 saturated carbocycles. The van der Waals surface area contributed by atoms with Crippen molar-refractivity contribution in [3.05, 3.63) is 35.2 Å². The van der Waals surface area contributed by atoms with E-state index < -0.39 is 0 Å². The van der Waals surface area contributed by atoms with Gasteiger partial charge in [-0.2, -0.15) is 28.3 Å². The molecule has 0 unspecified atom stereocenters. The van der Waals surface area contributed by atoms with Crippen molar-refractivity contribution in [2.75, 3.05) is 20.6 Å². The molecule has 0 aliphatic rings. The van der Waals surface area contributed by atoms with Gasteiger partial charge in [0.2, 0.25) is 0 Å². The van der Waals surface area contributed by atoms with Gasteiger partial charge in [-0.3, -0.25) is 0 Å². The van der Waals surface area contributed by atoms with E-state index in [0.29, 0.717) is 0 Å². The smallest absolute Gasteiger partial charge is 0.339 e. The molecule has 1 aromatic carbocycles. The molecule has 1 nitrogen and oxygen atoms in total. The molecule has 0 N–H and O–H groups in total. The third-order valence-electron chi connectivity index (χ3n) is 2.63. The first kappa shape index (κ1) is 17.4. The first-order chi connectivity index (χ1) is 6.40. The van der Waals surface area contributed by atoms with E-state index in [0.717, 1.165) is 6.54 Å². The number of hydrogen-bond donors (Lipinski definition) is 0. The minimum Gasteiger partial charge on any atom is -0.339 e. The molecule has 0 amide bonds. The number of aryl methyl sites for hydroxylation is 2. The number of hydrogen-bond acceptors (Lipinski definition) is 1. The summed E-state index contributed by atoms with van der Waals surface area (Å²) in [5.74, 6) is 0. The van der Waals surface area contributed by atoms with Crippen molar-refractivity contribution in [1.29, 1.82) is 0 Å². The fourth-order valence-electron chi connectivity index (χ4n) is 1.13. The summed E-state index contributed by atoms with van der Waals surface area (Å²) in [6, 6.07) is 2.24. The van der Waals surface area contributed by atoms with Crippen LogP contribution in [0.25, 0.3) is 0 Å². The van der Waals surface area contributed by atoms with Crippen LogP contribution in [0.4, 0.5) is 0 Å². The van der Waals surface area contributed by atoms with E-state index in [1.807, 2.05) is 19.0 Å². The Labute approximate surface area is 110 Å². The molecule has 1 aromatic rings. The maximum absolute atomic E-state index is 3.61. The van der Waals surface area contributed by atoms with E-state index in [1.165, 1.54) is 22.3 Å². The van der Waals surface area contributed by atoms with Gasteiger partial charge in [0.15, 0.2) is 0 Å². The van der Waals surface area contributed by atoms with Gasteiger partial charge in [0.05, 0.1) is 0 Å². The van der Waals surface area contributed by atoms with E-state index in [-0.39, 0.29) is 21.7 Å². The molecule has 0 spiro atoms. The van der Waals surface area contributed by atoms with E-state index in [2.05, 4.69) is 40.7 Å². The Hall–Kier alpha value is 0.0243. The zero-order chi connectivity index (χ0) is 11.3. The van der Waals surface area contributed by atoms with Gasteiger partial charge in [-0.25, -0.2) is 0 Å². The first-order valence-corrected chi connectivity index (χ1v) is 5.04. The topological polar surface area (TPSA) is 3.24 Å². The van der Waals surface area contributed by atoms with Crippen LogP contribution in [0.5, 0.6) is 0 Å². The van der Waals surface area contributed by atoms with Gasteiger partial charge in [0.25, 0.3) is 0 Å². The maximum Gasteiger partial charge on any atom is 2.00 e. The summed E-state index contributed by atoms with van der Waals surface area (Å²) in [4.78, 5) is 2.01. The summed E-state index contributed by atoms with van der Waals surface area (Å²) >= 11 is 0. The fraction of sp³-hybridized carbons (Fsp3) is 0.538. The number of rotatable bonds is 1. The van der Waals surface area contributed by atoms with Crippen LogP contribution in [-0.2, 0) is 21.7 Å². The third kappa shape index (κ3) is 6.24. The minimum absolute atomic E-state index is 0. The van der Waals surface area contributed by atoms with Crippen LogP contribution >= 0.6 is 0 Å². The van der Waals surface area contributed by atoms with E-state index >= 15 is 0 Å².